The molecule has 1 unspecified atom stereocenters. The summed E-state index contributed by atoms with van der Waals surface area (Å²) >= 11 is 0. The maximum Gasteiger partial charge on any atom is 0.185 e. The van der Waals surface area contributed by atoms with E-state index in [4.69, 9.17) is 18.9 Å². The summed E-state index contributed by atoms with van der Waals surface area (Å²) in [6, 6.07) is 8.56. The van der Waals surface area contributed by atoms with E-state index >= 15 is 0 Å². The van der Waals surface area contributed by atoms with E-state index in [0.29, 0.717) is 37.7 Å². The molecule has 1 atom stereocenters. The van der Waals surface area contributed by atoms with Gasteiger partial charge in [-0.2, -0.15) is 0 Å². The van der Waals surface area contributed by atoms with Crippen LogP contribution in [0, 0.1) is 10.8 Å². The van der Waals surface area contributed by atoms with Crippen LogP contribution < -0.4 is 0 Å². The molecule has 0 saturated carbocycles. The normalized spacial score (nSPS) is 23.9. The highest BCUT2D eigenvalue weighted by Crippen LogP contribution is 2.29. The summed E-state index contributed by atoms with van der Waals surface area (Å²) in [7, 11) is -3.62. The van der Waals surface area contributed by atoms with Gasteiger partial charge in [0.2, 0.25) is 0 Å². The molecule has 0 bridgehead atoms. The smallest absolute Gasteiger partial charge is 0.185 e. The lowest BCUT2D eigenvalue weighted by atomic mass is 9.95. The average Bonchev–Trinajstić information content (AvgIpc) is 2.75. The van der Waals surface area contributed by atoms with E-state index < -0.39 is 27.7 Å². The first kappa shape index (κ1) is 26.1. The molecule has 184 valence electrons. The molecule has 2 saturated heterocycles. The fourth-order valence-corrected chi connectivity index (χ4v) is 5.55. The van der Waals surface area contributed by atoms with Gasteiger partial charge in [-0.3, -0.25) is 0 Å². The van der Waals surface area contributed by atoms with E-state index in [0.717, 1.165) is 11.1 Å². The van der Waals surface area contributed by atoms with Crippen LogP contribution in [0.25, 0.3) is 0 Å². The number of sulfone groups is 1. The summed E-state index contributed by atoms with van der Waals surface area (Å²) in [6.45, 7) is 14.4. The monoisotopic (exact) mass is 478 g/mol. The molecule has 6 nitrogen and oxygen atoms in total. The maximum absolute atomic E-state index is 13.6. The topological polar surface area (TPSA) is 71.1 Å². The average molecular weight is 479 g/mol. The summed E-state index contributed by atoms with van der Waals surface area (Å²) in [6.07, 6.45) is 2.97. The molecule has 2 fully saturated rings. The van der Waals surface area contributed by atoms with Gasteiger partial charge in [0.05, 0.1) is 36.6 Å². The second-order valence-corrected chi connectivity index (χ2v) is 13.0. The van der Waals surface area contributed by atoms with Crippen LogP contribution in [0.5, 0.6) is 0 Å². The second-order valence-electron chi connectivity index (χ2n) is 10.8. The van der Waals surface area contributed by atoms with Gasteiger partial charge in [0, 0.05) is 10.8 Å². The van der Waals surface area contributed by atoms with Gasteiger partial charge in [-0.1, -0.05) is 57.5 Å². The molecule has 0 aliphatic carbocycles. The third kappa shape index (κ3) is 7.23. The Hall–Kier alpha value is -1.51. The predicted octanol–water partition coefficient (Wildman–Crippen LogP) is 4.91. The summed E-state index contributed by atoms with van der Waals surface area (Å²) in [5.74, 6) is 0. The largest absolute Gasteiger partial charge is 0.348 e. The molecule has 2 heterocycles. The SMILES string of the molecule is C/C(=C\C1OCC(C)(C)CO1)CC(/C=C(\C)C1OCC(C)(C)CO1)S(=O)(=O)c1ccccc1. The van der Waals surface area contributed by atoms with Crippen molar-refractivity contribution in [1.82, 2.24) is 0 Å². The molecule has 0 radical (unpaired) electrons. The van der Waals surface area contributed by atoms with Crippen LogP contribution in [0.3, 0.4) is 0 Å². The van der Waals surface area contributed by atoms with E-state index in [2.05, 4.69) is 27.7 Å². The van der Waals surface area contributed by atoms with Crippen LogP contribution in [0.1, 0.15) is 48.0 Å². The molecule has 1 aromatic carbocycles. The summed E-state index contributed by atoms with van der Waals surface area (Å²) in [5.41, 5.74) is 1.57. The molecule has 2 aliphatic heterocycles. The third-order valence-corrected chi connectivity index (χ3v) is 7.79. The zero-order valence-corrected chi connectivity index (χ0v) is 21.5. The standard InChI is InChI=1S/C26H38O6S/c1-19(13-23-29-15-25(3,4)16-30-23)12-22(33(27,28)21-10-8-7-9-11-21)14-20(2)24-31-17-26(5,6)18-32-24/h7-11,13-14,22-24H,12,15-18H2,1-6H3/b19-13+,20-14+. The highest BCUT2D eigenvalue weighted by atomic mass is 32.2. The highest BCUT2D eigenvalue weighted by molar-refractivity contribution is 7.92. The van der Waals surface area contributed by atoms with Gasteiger partial charge in [-0.15, -0.1) is 0 Å². The van der Waals surface area contributed by atoms with Gasteiger partial charge in [0.25, 0.3) is 0 Å². The van der Waals surface area contributed by atoms with Crippen LogP contribution >= 0.6 is 0 Å². The summed E-state index contributed by atoms with van der Waals surface area (Å²) in [4.78, 5) is 0.297. The quantitative estimate of drug-likeness (QED) is 0.519. The van der Waals surface area contributed by atoms with Gasteiger partial charge in [-0.25, -0.2) is 8.42 Å². The van der Waals surface area contributed by atoms with Crippen molar-refractivity contribution in [2.24, 2.45) is 10.8 Å². The van der Waals surface area contributed by atoms with E-state index in [1.165, 1.54) is 0 Å². The summed E-state index contributed by atoms with van der Waals surface area (Å²) < 4.78 is 50.5. The number of hydrogen-bond acceptors (Lipinski definition) is 6. The van der Waals surface area contributed by atoms with Crippen molar-refractivity contribution >= 4 is 9.84 Å². The minimum Gasteiger partial charge on any atom is -0.348 e. The fraction of sp³-hybridized carbons (Fsp3) is 0.615. The lowest BCUT2D eigenvalue weighted by molar-refractivity contribution is -0.202. The van der Waals surface area contributed by atoms with Crippen molar-refractivity contribution in [2.75, 3.05) is 26.4 Å². The predicted molar refractivity (Wildman–Crippen MR) is 128 cm³/mol. The van der Waals surface area contributed by atoms with Crippen LogP contribution in [-0.4, -0.2) is 52.7 Å². The Labute approximate surface area is 198 Å². The first-order chi connectivity index (χ1) is 15.4. The zero-order valence-electron chi connectivity index (χ0n) is 20.7. The van der Waals surface area contributed by atoms with Gasteiger partial charge in [0.15, 0.2) is 22.4 Å². The number of hydrogen-bond donors (Lipinski definition) is 0. The minimum atomic E-state index is -3.62. The van der Waals surface area contributed by atoms with Crippen molar-refractivity contribution in [3.05, 3.63) is 53.6 Å². The minimum absolute atomic E-state index is 0.0220. The second kappa shape index (κ2) is 10.4. The van der Waals surface area contributed by atoms with Crippen molar-refractivity contribution in [2.45, 2.75) is 70.7 Å². The zero-order chi connectivity index (χ0) is 24.3. The molecule has 0 aromatic heterocycles. The van der Waals surface area contributed by atoms with Crippen LogP contribution in [0.15, 0.2) is 58.5 Å². The Bertz CT molecular complexity index is 942. The summed E-state index contributed by atoms with van der Waals surface area (Å²) in [5, 5.41) is -0.765. The van der Waals surface area contributed by atoms with Crippen LogP contribution in [-0.2, 0) is 28.8 Å². The van der Waals surface area contributed by atoms with Gasteiger partial charge in [0.1, 0.15) is 0 Å². The number of benzene rings is 1. The Balaban J connectivity index is 1.82. The molecule has 0 N–H and O–H groups in total. The Morgan fingerprint density at radius 1 is 0.939 bits per heavy atom. The number of rotatable bonds is 7. The van der Waals surface area contributed by atoms with Crippen LogP contribution in [0.2, 0.25) is 0 Å². The lowest BCUT2D eigenvalue weighted by Crippen LogP contribution is -2.38. The third-order valence-electron chi connectivity index (χ3n) is 5.76. The molecular formula is C26H38O6S. The molecule has 1 aromatic rings. The molecular weight excluding hydrogens is 440 g/mol. The van der Waals surface area contributed by atoms with E-state index in [-0.39, 0.29) is 10.8 Å². The van der Waals surface area contributed by atoms with Crippen molar-refractivity contribution in [1.29, 1.82) is 0 Å². The number of allylic oxidation sites excluding steroid dienone is 1. The highest BCUT2D eigenvalue weighted by Gasteiger charge is 2.32. The van der Waals surface area contributed by atoms with Gasteiger partial charge >= 0.3 is 0 Å². The Kier molecular flexibility index (Phi) is 8.23. The first-order valence-electron chi connectivity index (χ1n) is 11.5. The molecule has 7 heteroatoms. The Morgan fingerprint density at radius 2 is 1.45 bits per heavy atom. The van der Waals surface area contributed by atoms with E-state index in [1.54, 1.807) is 30.3 Å². The molecule has 0 amide bonds. The van der Waals surface area contributed by atoms with E-state index in [1.807, 2.05) is 26.0 Å². The van der Waals surface area contributed by atoms with Crippen molar-refractivity contribution < 1.29 is 27.4 Å². The van der Waals surface area contributed by atoms with Gasteiger partial charge in [-0.05, 0) is 44.1 Å². The first-order valence-corrected chi connectivity index (χ1v) is 13.0. The van der Waals surface area contributed by atoms with Crippen molar-refractivity contribution in [3.8, 4) is 0 Å². The fourth-order valence-electron chi connectivity index (χ4n) is 3.79. The molecule has 33 heavy (non-hydrogen) atoms. The molecule has 0 spiro atoms. The number of ether oxygens (including phenoxy) is 4. The molecule has 2 aliphatic rings. The maximum atomic E-state index is 13.6. The van der Waals surface area contributed by atoms with E-state index in [9.17, 15) is 8.42 Å². The molecule has 3 rings (SSSR count). The van der Waals surface area contributed by atoms with Crippen molar-refractivity contribution in [3.63, 3.8) is 0 Å². The van der Waals surface area contributed by atoms with Crippen LogP contribution in [0.4, 0.5) is 0 Å². The van der Waals surface area contributed by atoms with Gasteiger partial charge < -0.3 is 18.9 Å². The lowest BCUT2D eigenvalue weighted by Gasteiger charge is -2.35. The Morgan fingerprint density at radius 3 is 2.00 bits per heavy atom.